The summed E-state index contributed by atoms with van der Waals surface area (Å²) in [4.78, 5) is 51.4. The van der Waals surface area contributed by atoms with Crippen LogP contribution in [0.2, 0.25) is 0 Å². The molecular formula is C33H41O11+. The van der Waals surface area contributed by atoms with Crippen LogP contribution in [0.4, 0.5) is 0 Å². The van der Waals surface area contributed by atoms with Crippen molar-refractivity contribution in [3.8, 4) is 0 Å². The highest BCUT2D eigenvalue weighted by atomic mass is 16.6. The van der Waals surface area contributed by atoms with Gasteiger partial charge >= 0.3 is 23.9 Å². The van der Waals surface area contributed by atoms with Gasteiger partial charge in [-0.3, -0.25) is 14.4 Å². The molecule has 1 aromatic rings. The summed E-state index contributed by atoms with van der Waals surface area (Å²) in [5.41, 5.74) is -5.05. The summed E-state index contributed by atoms with van der Waals surface area (Å²) in [6.07, 6.45) is -3.99. The van der Waals surface area contributed by atoms with E-state index in [0.29, 0.717) is 11.1 Å². The number of hydrogen-bond acceptors (Lipinski definition) is 11. The Bertz CT molecular complexity index is 1380. The highest BCUT2D eigenvalue weighted by Crippen LogP contribution is 2.65. The zero-order chi connectivity index (χ0) is 32.4. The molecule has 2 saturated carbocycles. The Hall–Kier alpha value is -3.41. The van der Waals surface area contributed by atoms with Crippen LogP contribution in [0.1, 0.15) is 71.7 Å². The molecular weight excluding hydrogens is 572 g/mol. The van der Waals surface area contributed by atoms with Gasteiger partial charge in [-0.15, -0.1) is 0 Å². The number of aliphatic hydroxyl groups excluding tert-OH is 1. The molecule has 11 heteroatoms. The van der Waals surface area contributed by atoms with Crippen molar-refractivity contribution in [1.82, 2.24) is 0 Å². The van der Waals surface area contributed by atoms with Crippen molar-refractivity contribution < 1.29 is 53.1 Å². The molecule has 0 amide bonds. The molecule has 0 aromatic heterocycles. The highest BCUT2D eigenvalue weighted by Gasteiger charge is 2.79. The maximum absolute atomic E-state index is 13.8. The quantitative estimate of drug-likeness (QED) is 0.218. The van der Waals surface area contributed by atoms with Crippen LogP contribution in [0.15, 0.2) is 41.5 Å². The summed E-state index contributed by atoms with van der Waals surface area (Å²) < 4.78 is 29.8. The van der Waals surface area contributed by atoms with E-state index < -0.39 is 82.3 Å². The molecule has 1 saturated heterocycles. The van der Waals surface area contributed by atoms with E-state index in [-0.39, 0.29) is 25.0 Å². The third-order valence-corrected chi connectivity index (χ3v) is 10.3. The summed E-state index contributed by atoms with van der Waals surface area (Å²) in [6.45, 7) is 10.5. The van der Waals surface area contributed by atoms with Gasteiger partial charge in [0.25, 0.3) is 0 Å². The molecule has 11 nitrogen and oxygen atoms in total. The van der Waals surface area contributed by atoms with Gasteiger partial charge < -0.3 is 33.9 Å². The number of hydrogen-bond donors (Lipinski definition) is 2. The number of benzene rings is 1. The van der Waals surface area contributed by atoms with Gasteiger partial charge in [0.1, 0.15) is 41.9 Å². The average molecular weight is 614 g/mol. The Balaban J connectivity index is 1.83. The molecule has 238 valence electrons. The SMILES string of the molecule is CC(=O)O[C@H]1C[C@@]2(O)[C@@H](OC(=O)c3ccccc3)[C@H]3[C@@](C)([CH+]C[C@H]4OC[C@]43OC(C)=O)[C@@H](O)[C@H](OC(C)=O)C(=C1C)C2(C)C. The second-order valence-electron chi connectivity index (χ2n) is 13.2. The lowest BCUT2D eigenvalue weighted by Crippen LogP contribution is -2.80. The summed E-state index contributed by atoms with van der Waals surface area (Å²) in [5.74, 6) is -3.74. The number of carbonyl (C=O) groups is 4. The molecule has 1 aliphatic heterocycles. The fourth-order valence-corrected chi connectivity index (χ4v) is 8.21. The molecule has 4 aliphatic rings. The molecule has 0 radical (unpaired) electrons. The maximum Gasteiger partial charge on any atom is 0.338 e. The van der Waals surface area contributed by atoms with Crippen molar-refractivity contribution in [1.29, 1.82) is 0 Å². The Labute approximate surface area is 256 Å². The van der Waals surface area contributed by atoms with E-state index in [4.69, 9.17) is 23.7 Å². The van der Waals surface area contributed by atoms with Crippen LogP contribution in [0.25, 0.3) is 0 Å². The number of esters is 4. The topological polar surface area (TPSA) is 155 Å². The van der Waals surface area contributed by atoms with Crippen LogP contribution in [0.5, 0.6) is 0 Å². The summed E-state index contributed by atoms with van der Waals surface area (Å²) in [6, 6.07) is 8.26. The molecule has 1 heterocycles. The monoisotopic (exact) mass is 613 g/mol. The first kappa shape index (κ1) is 32.0. The van der Waals surface area contributed by atoms with Gasteiger partial charge in [-0.1, -0.05) is 32.0 Å². The standard InChI is InChI=1S/C33H41O11/c1-17-22(41-18(2)34)15-33(39)28(43-29(38)21-11-9-8-10-12-21)26-31(7,14-13-23-32(26,16-40-23)44-20(4)36)27(37)25(42-19(3)35)24(17)30(33,5)6/h8-12,14,22-23,25-28,37,39H,13,15-16H2,1-7H3/q+1/t22-,23+,25+,26-,27-,28-,31+,32-,33+/m0/s1. The van der Waals surface area contributed by atoms with Crippen molar-refractivity contribution in [3.05, 3.63) is 53.5 Å². The highest BCUT2D eigenvalue weighted by molar-refractivity contribution is 5.89. The van der Waals surface area contributed by atoms with Crippen LogP contribution in [0, 0.1) is 23.2 Å². The first-order valence-corrected chi connectivity index (χ1v) is 14.9. The van der Waals surface area contributed by atoms with Gasteiger partial charge in [0.05, 0.1) is 24.5 Å². The lowest BCUT2D eigenvalue weighted by Gasteiger charge is -2.65. The van der Waals surface area contributed by atoms with E-state index in [9.17, 15) is 29.4 Å². The number of carbonyl (C=O) groups excluding carboxylic acids is 4. The van der Waals surface area contributed by atoms with Crippen molar-refractivity contribution in [3.63, 3.8) is 0 Å². The van der Waals surface area contributed by atoms with Crippen LogP contribution in [-0.4, -0.2) is 82.4 Å². The zero-order valence-corrected chi connectivity index (χ0v) is 26.1. The molecule has 2 bridgehead atoms. The van der Waals surface area contributed by atoms with Gasteiger partial charge in [0.2, 0.25) is 0 Å². The number of ether oxygens (including phenoxy) is 5. The zero-order valence-electron chi connectivity index (χ0n) is 26.1. The predicted octanol–water partition coefficient (Wildman–Crippen LogP) is 2.86. The Kier molecular flexibility index (Phi) is 7.92. The number of rotatable bonds is 5. The number of fused-ring (bicyclic) bond motifs is 5. The van der Waals surface area contributed by atoms with E-state index in [1.165, 1.54) is 20.8 Å². The third kappa shape index (κ3) is 4.71. The van der Waals surface area contributed by atoms with E-state index in [1.807, 2.05) is 6.42 Å². The molecule has 9 atom stereocenters. The van der Waals surface area contributed by atoms with Gasteiger partial charge in [0.15, 0.2) is 11.7 Å². The van der Waals surface area contributed by atoms with E-state index in [0.717, 1.165) is 0 Å². The molecule has 0 spiro atoms. The van der Waals surface area contributed by atoms with Crippen LogP contribution in [0.3, 0.4) is 0 Å². The van der Waals surface area contributed by atoms with Gasteiger partial charge in [-0.2, -0.15) is 0 Å². The first-order valence-electron chi connectivity index (χ1n) is 14.9. The Morgan fingerprint density at radius 3 is 2.14 bits per heavy atom. The summed E-state index contributed by atoms with van der Waals surface area (Å²) in [5, 5.41) is 25.5. The molecule has 1 aromatic carbocycles. The molecule has 3 fully saturated rings. The third-order valence-electron chi connectivity index (χ3n) is 10.3. The van der Waals surface area contributed by atoms with Crippen molar-refractivity contribution in [2.24, 2.45) is 16.7 Å². The molecule has 2 N–H and O–H groups in total. The van der Waals surface area contributed by atoms with Crippen LogP contribution < -0.4 is 0 Å². The van der Waals surface area contributed by atoms with E-state index in [2.05, 4.69) is 0 Å². The second-order valence-corrected chi connectivity index (χ2v) is 13.2. The van der Waals surface area contributed by atoms with Crippen molar-refractivity contribution >= 4 is 23.9 Å². The fraction of sp³-hybridized carbons (Fsp3) is 0.606. The molecule has 44 heavy (non-hydrogen) atoms. The van der Waals surface area contributed by atoms with Gasteiger partial charge in [-0.25, -0.2) is 4.79 Å². The van der Waals surface area contributed by atoms with Gasteiger partial charge in [-0.05, 0) is 37.1 Å². The molecule has 5 rings (SSSR count). The van der Waals surface area contributed by atoms with Crippen LogP contribution in [-0.2, 0) is 38.1 Å². The van der Waals surface area contributed by atoms with Crippen molar-refractivity contribution in [2.45, 2.75) is 103 Å². The van der Waals surface area contributed by atoms with E-state index >= 15 is 0 Å². The number of aliphatic hydroxyl groups is 2. The normalized spacial score (nSPS) is 38.7. The Morgan fingerprint density at radius 1 is 0.955 bits per heavy atom. The Morgan fingerprint density at radius 2 is 1.59 bits per heavy atom. The molecule has 0 unspecified atom stereocenters. The smallest absolute Gasteiger partial charge is 0.338 e. The second kappa shape index (κ2) is 10.9. The van der Waals surface area contributed by atoms with Crippen molar-refractivity contribution in [2.75, 3.05) is 6.61 Å². The predicted molar refractivity (Wildman–Crippen MR) is 154 cm³/mol. The minimum atomic E-state index is -2.00. The average Bonchev–Trinajstić information content (AvgIpc) is 2.92. The summed E-state index contributed by atoms with van der Waals surface area (Å²) in [7, 11) is 0. The fourth-order valence-electron chi connectivity index (χ4n) is 8.21. The van der Waals surface area contributed by atoms with Gasteiger partial charge in [0, 0.05) is 32.6 Å². The van der Waals surface area contributed by atoms with E-state index in [1.54, 1.807) is 58.0 Å². The lowest BCUT2D eigenvalue weighted by molar-refractivity contribution is -0.338. The summed E-state index contributed by atoms with van der Waals surface area (Å²) >= 11 is 0. The lowest BCUT2D eigenvalue weighted by atomic mass is 9.45. The minimum Gasteiger partial charge on any atom is -0.458 e. The minimum absolute atomic E-state index is 0.0821. The largest absolute Gasteiger partial charge is 0.458 e. The molecule has 3 aliphatic carbocycles. The van der Waals surface area contributed by atoms with Crippen LogP contribution >= 0.6 is 0 Å². The first-order chi connectivity index (χ1) is 20.5. The maximum atomic E-state index is 13.8.